The number of carbonyl (C=O) groups excluding carboxylic acids is 1. The van der Waals surface area contributed by atoms with Crippen molar-refractivity contribution in [1.82, 2.24) is 10.2 Å². The number of aryl methyl sites for hydroxylation is 1. The number of carbonyl (C=O) groups is 1. The Kier molecular flexibility index (Phi) is 5.82. The average Bonchev–Trinajstić information content (AvgIpc) is 2.39. The van der Waals surface area contributed by atoms with Gasteiger partial charge in [0.05, 0.1) is 12.6 Å². The lowest BCUT2D eigenvalue weighted by Crippen LogP contribution is -2.37. The minimum atomic E-state index is -0.118. The summed E-state index contributed by atoms with van der Waals surface area (Å²) in [5.74, 6) is -0.118. The highest BCUT2D eigenvalue weighted by Crippen LogP contribution is 2.18. The van der Waals surface area contributed by atoms with E-state index in [4.69, 9.17) is 5.73 Å². The zero-order valence-electron chi connectivity index (χ0n) is 11.4. The van der Waals surface area contributed by atoms with E-state index in [1.807, 2.05) is 14.1 Å². The number of rotatable bonds is 6. The standard InChI is InChI=1S/C14H23N3O/c1-4-11-5-7-12(8-6-11)13(17(2)3)10-16-14(18)9-15/h5-8,13H,4,9-10,15H2,1-3H3,(H,16,18). The average molecular weight is 249 g/mol. The second kappa shape index (κ2) is 7.13. The van der Waals surface area contributed by atoms with Crippen molar-refractivity contribution in [1.29, 1.82) is 0 Å². The molecule has 0 aromatic heterocycles. The van der Waals surface area contributed by atoms with Gasteiger partial charge in [0.25, 0.3) is 0 Å². The van der Waals surface area contributed by atoms with Crippen molar-refractivity contribution in [3.05, 3.63) is 35.4 Å². The Morgan fingerprint density at radius 1 is 1.33 bits per heavy atom. The van der Waals surface area contributed by atoms with Gasteiger partial charge in [-0.25, -0.2) is 0 Å². The van der Waals surface area contributed by atoms with E-state index in [2.05, 4.69) is 41.4 Å². The fraction of sp³-hybridized carbons (Fsp3) is 0.500. The molecule has 1 unspecified atom stereocenters. The summed E-state index contributed by atoms with van der Waals surface area (Å²) in [5, 5.41) is 2.84. The van der Waals surface area contributed by atoms with Gasteiger partial charge in [0.1, 0.15) is 0 Å². The van der Waals surface area contributed by atoms with E-state index in [1.165, 1.54) is 11.1 Å². The molecule has 0 aliphatic heterocycles. The quantitative estimate of drug-likeness (QED) is 0.788. The van der Waals surface area contributed by atoms with Crippen LogP contribution in [0.3, 0.4) is 0 Å². The first-order valence-corrected chi connectivity index (χ1v) is 6.30. The smallest absolute Gasteiger partial charge is 0.233 e. The Bertz CT molecular complexity index is 373. The van der Waals surface area contributed by atoms with Crippen molar-refractivity contribution in [3.63, 3.8) is 0 Å². The fourth-order valence-electron chi connectivity index (χ4n) is 1.86. The molecule has 1 amide bonds. The summed E-state index contributed by atoms with van der Waals surface area (Å²) >= 11 is 0. The van der Waals surface area contributed by atoms with Gasteiger partial charge < -0.3 is 16.0 Å². The van der Waals surface area contributed by atoms with Gasteiger partial charge in [-0.05, 0) is 31.6 Å². The molecule has 4 heteroatoms. The molecule has 0 bridgehead atoms. The van der Waals surface area contributed by atoms with E-state index in [1.54, 1.807) is 0 Å². The molecule has 0 fully saturated rings. The molecule has 0 radical (unpaired) electrons. The van der Waals surface area contributed by atoms with Crippen molar-refractivity contribution in [2.24, 2.45) is 5.73 Å². The Morgan fingerprint density at radius 3 is 2.39 bits per heavy atom. The number of benzene rings is 1. The maximum atomic E-state index is 11.2. The van der Waals surface area contributed by atoms with E-state index >= 15 is 0 Å². The monoisotopic (exact) mass is 249 g/mol. The first-order chi connectivity index (χ1) is 8.58. The van der Waals surface area contributed by atoms with E-state index in [0.29, 0.717) is 6.54 Å². The molecule has 1 aromatic rings. The highest BCUT2D eigenvalue weighted by Gasteiger charge is 2.14. The zero-order chi connectivity index (χ0) is 13.5. The van der Waals surface area contributed by atoms with Gasteiger partial charge in [-0.3, -0.25) is 4.79 Å². The first-order valence-electron chi connectivity index (χ1n) is 6.30. The SMILES string of the molecule is CCc1ccc(C(CNC(=O)CN)N(C)C)cc1. The second-order valence-corrected chi connectivity index (χ2v) is 4.58. The zero-order valence-corrected chi connectivity index (χ0v) is 11.4. The Morgan fingerprint density at radius 2 is 1.94 bits per heavy atom. The van der Waals surface area contributed by atoms with Crippen LogP contribution < -0.4 is 11.1 Å². The van der Waals surface area contributed by atoms with Crippen LogP contribution in [0.1, 0.15) is 24.1 Å². The molecule has 3 N–H and O–H groups in total. The maximum absolute atomic E-state index is 11.2. The molecule has 0 spiro atoms. The van der Waals surface area contributed by atoms with Gasteiger partial charge >= 0.3 is 0 Å². The molecular weight excluding hydrogens is 226 g/mol. The number of amides is 1. The molecule has 0 aliphatic rings. The topological polar surface area (TPSA) is 58.4 Å². The van der Waals surface area contributed by atoms with Crippen LogP contribution in [0.15, 0.2) is 24.3 Å². The van der Waals surface area contributed by atoms with Crippen molar-refractivity contribution in [2.45, 2.75) is 19.4 Å². The van der Waals surface area contributed by atoms with Crippen LogP contribution in [-0.4, -0.2) is 38.0 Å². The number of hydrogen-bond acceptors (Lipinski definition) is 3. The predicted molar refractivity (Wildman–Crippen MR) is 74.3 cm³/mol. The predicted octanol–water partition coefficient (Wildman–Crippen LogP) is 0.927. The highest BCUT2D eigenvalue weighted by molar-refractivity contribution is 5.77. The summed E-state index contributed by atoms with van der Waals surface area (Å²) in [4.78, 5) is 13.3. The second-order valence-electron chi connectivity index (χ2n) is 4.58. The summed E-state index contributed by atoms with van der Waals surface area (Å²) in [6.45, 7) is 2.75. The molecule has 1 aromatic carbocycles. The Balaban J connectivity index is 2.74. The van der Waals surface area contributed by atoms with Crippen molar-refractivity contribution in [2.75, 3.05) is 27.2 Å². The highest BCUT2D eigenvalue weighted by atomic mass is 16.1. The summed E-state index contributed by atoms with van der Waals surface area (Å²) in [5.41, 5.74) is 7.81. The lowest BCUT2D eigenvalue weighted by atomic mass is 10.0. The fourth-order valence-corrected chi connectivity index (χ4v) is 1.86. The van der Waals surface area contributed by atoms with Crippen LogP contribution >= 0.6 is 0 Å². The third kappa shape index (κ3) is 4.13. The molecule has 0 aliphatic carbocycles. The normalized spacial score (nSPS) is 12.5. The van der Waals surface area contributed by atoms with Crippen LogP contribution in [0.5, 0.6) is 0 Å². The summed E-state index contributed by atoms with van der Waals surface area (Å²) in [6.07, 6.45) is 1.04. The number of likely N-dealkylation sites (N-methyl/N-ethyl adjacent to an activating group) is 1. The first kappa shape index (κ1) is 14.7. The van der Waals surface area contributed by atoms with Gasteiger partial charge in [-0.1, -0.05) is 31.2 Å². The largest absolute Gasteiger partial charge is 0.353 e. The van der Waals surface area contributed by atoms with Gasteiger partial charge in [-0.15, -0.1) is 0 Å². The molecule has 100 valence electrons. The maximum Gasteiger partial charge on any atom is 0.233 e. The van der Waals surface area contributed by atoms with Crippen LogP contribution in [0.25, 0.3) is 0 Å². The molecule has 0 heterocycles. The Hall–Kier alpha value is -1.39. The third-order valence-electron chi connectivity index (χ3n) is 3.07. The van der Waals surface area contributed by atoms with Crippen molar-refractivity contribution in [3.8, 4) is 0 Å². The summed E-state index contributed by atoms with van der Waals surface area (Å²) < 4.78 is 0. The number of nitrogens with one attached hydrogen (secondary N) is 1. The van der Waals surface area contributed by atoms with Gasteiger partial charge in [0, 0.05) is 6.54 Å². The lowest BCUT2D eigenvalue weighted by Gasteiger charge is -2.25. The van der Waals surface area contributed by atoms with Crippen molar-refractivity contribution >= 4 is 5.91 Å². The van der Waals surface area contributed by atoms with Crippen molar-refractivity contribution < 1.29 is 4.79 Å². The van der Waals surface area contributed by atoms with Gasteiger partial charge in [-0.2, -0.15) is 0 Å². The van der Waals surface area contributed by atoms with Crippen LogP contribution in [-0.2, 0) is 11.2 Å². The molecule has 1 atom stereocenters. The van der Waals surface area contributed by atoms with E-state index in [9.17, 15) is 4.79 Å². The van der Waals surface area contributed by atoms with E-state index in [-0.39, 0.29) is 18.5 Å². The summed E-state index contributed by atoms with van der Waals surface area (Å²) in [6, 6.07) is 8.69. The summed E-state index contributed by atoms with van der Waals surface area (Å²) in [7, 11) is 4.01. The minimum absolute atomic E-state index is 0.0366. The molecule has 0 saturated carbocycles. The number of nitrogens with two attached hydrogens (primary N) is 1. The van der Waals surface area contributed by atoms with Gasteiger partial charge in [0.2, 0.25) is 5.91 Å². The molecule has 0 saturated heterocycles. The third-order valence-corrected chi connectivity index (χ3v) is 3.07. The number of nitrogens with zero attached hydrogens (tertiary/aromatic N) is 1. The van der Waals surface area contributed by atoms with Crippen LogP contribution in [0.4, 0.5) is 0 Å². The van der Waals surface area contributed by atoms with E-state index in [0.717, 1.165) is 6.42 Å². The molecule has 1 rings (SSSR count). The molecule has 4 nitrogen and oxygen atoms in total. The Labute approximate surface area is 109 Å². The number of hydrogen-bond donors (Lipinski definition) is 2. The van der Waals surface area contributed by atoms with Crippen LogP contribution in [0.2, 0.25) is 0 Å². The molecule has 18 heavy (non-hydrogen) atoms. The van der Waals surface area contributed by atoms with E-state index < -0.39 is 0 Å². The van der Waals surface area contributed by atoms with Gasteiger partial charge in [0.15, 0.2) is 0 Å². The van der Waals surface area contributed by atoms with Crippen LogP contribution in [0, 0.1) is 0 Å². The molecular formula is C14H23N3O. The lowest BCUT2D eigenvalue weighted by molar-refractivity contribution is -0.119. The minimum Gasteiger partial charge on any atom is -0.353 e.